The summed E-state index contributed by atoms with van der Waals surface area (Å²) >= 11 is 6.55. The summed E-state index contributed by atoms with van der Waals surface area (Å²) in [6, 6.07) is 28.8. The largest absolute Gasteiger partial charge is 0.361 e. The van der Waals surface area contributed by atoms with E-state index in [0.29, 0.717) is 10.7 Å². The van der Waals surface area contributed by atoms with Crippen LogP contribution < -0.4 is 5.32 Å². The van der Waals surface area contributed by atoms with Crippen LogP contribution in [0.15, 0.2) is 84.9 Å². The Morgan fingerprint density at radius 1 is 0.933 bits per heavy atom. The van der Waals surface area contributed by atoms with Crippen LogP contribution in [0.3, 0.4) is 0 Å². The lowest BCUT2D eigenvalue weighted by Crippen LogP contribution is -2.25. The van der Waals surface area contributed by atoms with E-state index in [4.69, 9.17) is 17.0 Å². The first-order chi connectivity index (χ1) is 14.6. The maximum Gasteiger partial charge on any atom is 0.239 e. The Morgan fingerprint density at radius 3 is 2.20 bits per heavy atom. The lowest BCUT2D eigenvalue weighted by molar-refractivity contribution is -0.118. The number of benzene rings is 3. The van der Waals surface area contributed by atoms with Crippen molar-refractivity contribution >= 4 is 34.2 Å². The average molecular weight is 434 g/mol. The van der Waals surface area contributed by atoms with Crippen molar-refractivity contribution in [2.75, 3.05) is 0 Å². The molecule has 1 fully saturated rings. The van der Waals surface area contributed by atoms with Crippen LogP contribution in [0.2, 0.25) is 0 Å². The number of ether oxygens (including phenoxy) is 1. The van der Waals surface area contributed by atoms with E-state index < -0.39 is 0 Å². The third-order valence-corrected chi connectivity index (χ3v) is 6.53. The topological polar surface area (TPSA) is 38.3 Å². The molecule has 1 amide bonds. The molecule has 3 atom stereocenters. The van der Waals surface area contributed by atoms with Crippen molar-refractivity contribution in [3.05, 3.63) is 107 Å². The van der Waals surface area contributed by atoms with Gasteiger partial charge in [0.1, 0.15) is 10.4 Å². The highest BCUT2D eigenvalue weighted by atomic mass is 32.2. The van der Waals surface area contributed by atoms with Gasteiger partial charge in [-0.15, -0.1) is 0 Å². The van der Waals surface area contributed by atoms with Crippen molar-refractivity contribution < 1.29 is 9.53 Å². The fraction of sp³-hybridized carbons (Fsp3) is 0.200. The molecule has 30 heavy (non-hydrogen) atoms. The third kappa shape index (κ3) is 4.98. The molecule has 1 N–H and O–H groups in total. The van der Waals surface area contributed by atoms with Gasteiger partial charge in [0.2, 0.25) is 5.91 Å². The molecule has 0 bridgehead atoms. The van der Waals surface area contributed by atoms with Crippen LogP contribution in [0.5, 0.6) is 0 Å². The molecule has 4 rings (SSSR count). The fourth-order valence-electron chi connectivity index (χ4n) is 3.61. The third-order valence-electron chi connectivity index (χ3n) is 5.15. The summed E-state index contributed by atoms with van der Waals surface area (Å²) in [5.41, 5.74) is 4.42. The van der Waals surface area contributed by atoms with E-state index in [0.717, 1.165) is 22.3 Å². The molecule has 2 unspecified atom stereocenters. The molecule has 3 aromatic rings. The van der Waals surface area contributed by atoms with Gasteiger partial charge in [-0.2, -0.15) is 0 Å². The van der Waals surface area contributed by atoms with E-state index in [1.165, 1.54) is 11.8 Å². The fourth-order valence-corrected chi connectivity index (χ4v) is 4.92. The van der Waals surface area contributed by atoms with Crippen LogP contribution >= 0.6 is 24.0 Å². The summed E-state index contributed by atoms with van der Waals surface area (Å²) in [5.74, 6) is -0.0102. The Bertz CT molecular complexity index is 1020. The highest BCUT2D eigenvalue weighted by Crippen LogP contribution is 2.33. The molecule has 0 radical (unpaired) electrons. The maximum absolute atomic E-state index is 12.1. The molecule has 0 aromatic heterocycles. The normalized spacial score (nSPS) is 18.1. The average Bonchev–Trinajstić information content (AvgIpc) is 3.09. The Labute approximate surface area is 186 Å². The highest BCUT2D eigenvalue weighted by molar-refractivity contribution is 8.24. The minimum atomic E-state index is -0.201. The van der Waals surface area contributed by atoms with Crippen molar-refractivity contribution in [1.82, 2.24) is 5.32 Å². The number of hydrogen-bond acceptors (Lipinski definition) is 4. The van der Waals surface area contributed by atoms with Crippen LogP contribution in [0.25, 0.3) is 0 Å². The smallest absolute Gasteiger partial charge is 0.239 e. The van der Waals surface area contributed by atoms with Crippen LogP contribution in [0.1, 0.15) is 41.4 Å². The highest BCUT2D eigenvalue weighted by Gasteiger charge is 2.29. The zero-order valence-corrected chi connectivity index (χ0v) is 18.3. The summed E-state index contributed by atoms with van der Waals surface area (Å²) in [7, 11) is 0. The number of amides is 1. The summed E-state index contributed by atoms with van der Waals surface area (Å²) in [4.78, 5) is 12.1. The van der Waals surface area contributed by atoms with Crippen LogP contribution in [-0.2, 0) is 16.0 Å². The first-order valence-electron chi connectivity index (χ1n) is 9.96. The lowest BCUT2D eigenvalue weighted by Gasteiger charge is -2.24. The second-order valence-electron chi connectivity index (χ2n) is 7.31. The standard InChI is InChI=1S/C25H23NO2S2/c1-17(19-10-4-2-5-11-19)28-23(20-12-6-3-7-13-20)21-14-8-9-18(15-21)16-22-24(27)26-25(29)30-22/h2-15,17,22-23H,16H2,1H3,(H,26,27,29)/t17-,22?,23?/m1/s1. The molecule has 1 aliphatic heterocycles. The first-order valence-corrected chi connectivity index (χ1v) is 11.2. The number of carbonyl (C=O) groups is 1. The van der Waals surface area contributed by atoms with E-state index in [-0.39, 0.29) is 23.4 Å². The van der Waals surface area contributed by atoms with Gasteiger partial charge in [0.15, 0.2) is 0 Å². The first kappa shape index (κ1) is 20.8. The van der Waals surface area contributed by atoms with Crippen molar-refractivity contribution in [1.29, 1.82) is 0 Å². The quantitative estimate of drug-likeness (QED) is 0.491. The molecule has 0 spiro atoms. The Morgan fingerprint density at radius 2 is 1.57 bits per heavy atom. The molecule has 1 saturated heterocycles. The molecule has 3 aromatic carbocycles. The van der Waals surface area contributed by atoms with E-state index in [1.807, 2.05) is 42.5 Å². The van der Waals surface area contributed by atoms with Crippen LogP contribution in [0.4, 0.5) is 0 Å². The van der Waals surface area contributed by atoms with Gasteiger partial charge in [0.25, 0.3) is 0 Å². The number of thiocarbonyl (C=S) groups is 1. The van der Waals surface area contributed by atoms with Gasteiger partial charge < -0.3 is 10.1 Å². The number of carbonyl (C=O) groups excluding carboxylic acids is 1. The number of thioether (sulfide) groups is 1. The molecular formula is C25H23NO2S2. The van der Waals surface area contributed by atoms with Gasteiger partial charge in [-0.3, -0.25) is 4.79 Å². The number of nitrogens with one attached hydrogen (secondary N) is 1. The molecule has 3 nitrogen and oxygen atoms in total. The predicted molar refractivity (Wildman–Crippen MR) is 126 cm³/mol. The summed E-state index contributed by atoms with van der Waals surface area (Å²) in [6.07, 6.45) is 0.376. The van der Waals surface area contributed by atoms with Gasteiger partial charge >= 0.3 is 0 Å². The molecule has 5 heteroatoms. The molecule has 0 aliphatic carbocycles. The van der Waals surface area contributed by atoms with Gasteiger partial charge in [-0.25, -0.2) is 0 Å². The van der Waals surface area contributed by atoms with E-state index in [9.17, 15) is 4.79 Å². The van der Waals surface area contributed by atoms with Gasteiger partial charge in [0.05, 0.1) is 11.4 Å². The number of hydrogen-bond donors (Lipinski definition) is 1. The molecule has 1 heterocycles. The lowest BCUT2D eigenvalue weighted by atomic mass is 9.97. The summed E-state index contributed by atoms with van der Waals surface area (Å²) < 4.78 is 7.13. The summed E-state index contributed by atoms with van der Waals surface area (Å²) in [5, 5.41) is 2.55. The molecular weight excluding hydrogens is 410 g/mol. The van der Waals surface area contributed by atoms with Crippen molar-refractivity contribution in [2.24, 2.45) is 0 Å². The minimum absolute atomic E-state index is 0.0102. The zero-order chi connectivity index (χ0) is 20.9. The second-order valence-corrected chi connectivity index (χ2v) is 9.19. The van der Waals surface area contributed by atoms with E-state index in [1.54, 1.807) is 0 Å². The van der Waals surface area contributed by atoms with E-state index >= 15 is 0 Å². The zero-order valence-electron chi connectivity index (χ0n) is 16.7. The number of rotatable bonds is 7. The maximum atomic E-state index is 12.1. The molecule has 152 valence electrons. The Hall–Kier alpha value is -2.47. The van der Waals surface area contributed by atoms with Gasteiger partial charge in [-0.05, 0) is 35.6 Å². The van der Waals surface area contributed by atoms with Crippen LogP contribution in [-0.4, -0.2) is 15.5 Å². The monoisotopic (exact) mass is 433 g/mol. The second kappa shape index (κ2) is 9.56. The summed E-state index contributed by atoms with van der Waals surface area (Å²) in [6.45, 7) is 2.08. The predicted octanol–water partition coefficient (Wildman–Crippen LogP) is 5.61. The van der Waals surface area contributed by atoms with Crippen LogP contribution in [0, 0.1) is 0 Å². The Kier molecular flexibility index (Phi) is 6.62. The minimum Gasteiger partial charge on any atom is -0.361 e. The molecule has 0 saturated carbocycles. The van der Waals surface area contributed by atoms with Crippen molar-refractivity contribution in [2.45, 2.75) is 30.8 Å². The SMILES string of the molecule is C[C@@H](OC(c1ccccc1)c1cccc(CC2SC(=S)NC2=O)c1)c1ccccc1. The Balaban J connectivity index is 1.61. The van der Waals surface area contributed by atoms with Crippen molar-refractivity contribution in [3.63, 3.8) is 0 Å². The van der Waals surface area contributed by atoms with Crippen molar-refractivity contribution in [3.8, 4) is 0 Å². The molecule has 1 aliphatic rings. The van der Waals surface area contributed by atoms with Gasteiger partial charge in [-0.1, -0.05) is 109 Å². The van der Waals surface area contributed by atoms with E-state index in [2.05, 4.69) is 54.7 Å². The van der Waals surface area contributed by atoms with Gasteiger partial charge in [0, 0.05) is 0 Å².